The highest BCUT2D eigenvalue weighted by Crippen LogP contribution is 2.17. The van der Waals surface area contributed by atoms with Gasteiger partial charge in [-0.2, -0.15) is 0 Å². The number of aliphatic carboxylic acids is 1. The number of carbonyl (C=O) groups excluding carboxylic acids is 1. The zero-order valence-corrected chi connectivity index (χ0v) is 11.9. The third-order valence-electron chi connectivity index (χ3n) is 3.52. The maximum Gasteiger partial charge on any atom is 0.317 e. The molecular formula is C13H24N2O4. The summed E-state index contributed by atoms with van der Waals surface area (Å²) in [6.07, 6.45) is 1.38. The lowest BCUT2D eigenvalue weighted by atomic mass is 9.98. The number of likely N-dealkylation sites (tertiary alicyclic amines) is 1. The molecule has 2 N–H and O–H groups in total. The highest BCUT2D eigenvalue weighted by atomic mass is 16.5. The van der Waals surface area contributed by atoms with E-state index in [2.05, 4.69) is 5.32 Å². The van der Waals surface area contributed by atoms with Crippen molar-refractivity contribution in [2.45, 2.75) is 32.7 Å². The van der Waals surface area contributed by atoms with Crippen LogP contribution in [0.25, 0.3) is 0 Å². The second-order valence-corrected chi connectivity index (χ2v) is 5.38. The van der Waals surface area contributed by atoms with Crippen LogP contribution in [0, 0.1) is 11.8 Å². The van der Waals surface area contributed by atoms with E-state index in [0.717, 1.165) is 6.42 Å². The first kappa shape index (κ1) is 15.8. The molecule has 0 radical (unpaired) electrons. The number of amides is 2. The molecule has 1 saturated heterocycles. The van der Waals surface area contributed by atoms with Gasteiger partial charge < -0.3 is 20.1 Å². The standard InChI is InChI=1S/C13H24N2O4/c1-9(2)11(8-19-3)14-13(18)15-6-4-5-10(7-15)12(16)17/h9-11H,4-8H2,1-3H3,(H,14,18)(H,16,17). The van der Waals surface area contributed by atoms with Gasteiger partial charge in [0.1, 0.15) is 0 Å². The molecule has 0 aromatic heterocycles. The molecule has 6 nitrogen and oxygen atoms in total. The summed E-state index contributed by atoms with van der Waals surface area (Å²) in [5.74, 6) is -1.00. The van der Waals surface area contributed by atoms with Gasteiger partial charge in [-0.15, -0.1) is 0 Å². The minimum absolute atomic E-state index is 0.0531. The molecule has 2 unspecified atom stereocenters. The third-order valence-corrected chi connectivity index (χ3v) is 3.52. The number of nitrogens with one attached hydrogen (secondary N) is 1. The van der Waals surface area contributed by atoms with Crippen molar-refractivity contribution in [2.24, 2.45) is 11.8 Å². The lowest BCUT2D eigenvalue weighted by molar-refractivity contribution is -0.143. The van der Waals surface area contributed by atoms with Gasteiger partial charge in [0.05, 0.1) is 18.6 Å². The first-order chi connectivity index (χ1) is 8.95. The lowest BCUT2D eigenvalue weighted by Gasteiger charge is -2.33. The molecule has 0 aromatic carbocycles. The Labute approximate surface area is 114 Å². The third kappa shape index (κ3) is 4.70. The maximum atomic E-state index is 12.1. The number of hydrogen-bond donors (Lipinski definition) is 2. The molecule has 0 aliphatic carbocycles. The van der Waals surface area contributed by atoms with Gasteiger partial charge in [-0.05, 0) is 18.8 Å². The summed E-state index contributed by atoms with van der Waals surface area (Å²) < 4.78 is 5.09. The predicted molar refractivity (Wildman–Crippen MR) is 71.0 cm³/mol. The van der Waals surface area contributed by atoms with E-state index in [9.17, 15) is 9.59 Å². The SMILES string of the molecule is COCC(NC(=O)N1CCCC(C(=O)O)C1)C(C)C. The van der Waals surface area contributed by atoms with Crippen LogP contribution in [0.3, 0.4) is 0 Å². The van der Waals surface area contributed by atoms with Crippen molar-refractivity contribution >= 4 is 12.0 Å². The summed E-state index contributed by atoms with van der Waals surface area (Å²) in [5, 5.41) is 11.9. The lowest BCUT2D eigenvalue weighted by Crippen LogP contribution is -2.52. The largest absolute Gasteiger partial charge is 0.481 e. The van der Waals surface area contributed by atoms with Crippen molar-refractivity contribution in [3.05, 3.63) is 0 Å². The molecule has 0 saturated carbocycles. The van der Waals surface area contributed by atoms with Gasteiger partial charge in [-0.3, -0.25) is 4.79 Å². The van der Waals surface area contributed by atoms with Crippen LogP contribution in [0.2, 0.25) is 0 Å². The van der Waals surface area contributed by atoms with E-state index < -0.39 is 11.9 Å². The van der Waals surface area contributed by atoms with Crippen LogP contribution < -0.4 is 5.32 Å². The Morgan fingerprint density at radius 2 is 2.16 bits per heavy atom. The predicted octanol–water partition coefficient (Wildman–Crippen LogP) is 1.16. The Kier molecular flexibility index (Phi) is 6.08. The summed E-state index contributed by atoms with van der Waals surface area (Å²) in [6, 6.07) is -0.246. The fourth-order valence-corrected chi connectivity index (χ4v) is 2.19. The summed E-state index contributed by atoms with van der Waals surface area (Å²) in [4.78, 5) is 24.7. The molecule has 0 bridgehead atoms. The number of urea groups is 1. The van der Waals surface area contributed by atoms with E-state index in [1.54, 1.807) is 12.0 Å². The highest BCUT2D eigenvalue weighted by Gasteiger charge is 2.29. The second-order valence-electron chi connectivity index (χ2n) is 5.38. The molecule has 1 aliphatic heterocycles. The van der Waals surface area contributed by atoms with Crippen LogP contribution in [0.5, 0.6) is 0 Å². The van der Waals surface area contributed by atoms with Gasteiger partial charge >= 0.3 is 12.0 Å². The summed E-state index contributed by atoms with van der Waals surface area (Å²) in [7, 11) is 1.60. The molecule has 1 rings (SSSR count). The molecule has 0 spiro atoms. The maximum absolute atomic E-state index is 12.1. The Morgan fingerprint density at radius 1 is 1.47 bits per heavy atom. The molecule has 1 heterocycles. The van der Waals surface area contributed by atoms with Crippen LogP contribution in [0.1, 0.15) is 26.7 Å². The molecule has 110 valence electrons. The van der Waals surface area contributed by atoms with Gasteiger partial charge in [0.2, 0.25) is 0 Å². The quantitative estimate of drug-likeness (QED) is 0.787. The van der Waals surface area contributed by atoms with Crippen LogP contribution in [-0.4, -0.2) is 54.9 Å². The average Bonchev–Trinajstić information content (AvgIpc) is 2.38. The first-order valence-electron chi connectivity index (χ1n) is 6.72. The van der Waals surface area contributed by atoms with Crippen molar-refractivity contribution in [1.82, 2.24) is 10.2 Å². The molecule has 2 amide bonds. The van der Waals surface area contributed by atoms with Crippen molar-refractivity contribution in [1.29, 1.82) is 0 Å². The number of methoxy groups -OCH3 is 1. The Balaban J connectivity index is 2.54. The Bertz CT molecular complexity index is 320. The number of hydrogen-bond acceptors (Lipinski definition) is 3. The summed E-state index contributed by atoms with van der Waals surface area (Å²) >= 11 is 0. The van der Waals surface area contributed by atoms with E-state index in [1.807, 2.05) is 13.8 Å². The topological polar surface area (TPSA) is 78.9 Å². The normalized spacial score (nSPS) is 21.3. The Hall–Kier alpha value is -1.30. The second kappa shape index (κ2) is 7.33. The van der Waals surface area contributed by atoms with Gasteiger partial charge in [-0.25, -0.2) is 4.79 Å². The van der Waals surface area contributed by atoms with E-state index in [4.69, 9.17) is 9.84 Å². The molecule has 19 heavy (non-hydrogen) atoms. The minimum Gasteiger partial charge on any atom is -0.481 e. The van der Waals surface area contributed by atoms with Crippen LogP contribution in [0.4, 0.5) is 4.79 Å². The number of carbonyl (C=O) groups is 2. The van der Waals surface area contributed by atoms with Crippen LogP contribution in [0.15, 0.2) is 0 Å². The number of carboxylic acid groups (broad SMARTS) is 1. The molecule has 6 heteroatoms. The summed E-state index contributed by atoms with van der Waals surface area (Å²) in [6.45, 7) is 5.40. The highest BCUT2D eigenvalue weighted by molar-refractivity contribution is 5.76. The molecule has 2 atom stereocenters. The number of piperidine rings is 1. The van der Waals surface area contributed by atoms with Gasteiger partial charge in [0.15, 0.2) is 0 Å². The van der Waals surface area contributed by atoms with Gasteiger partial charge in [0.25, 0.3) is 0 Å². The average molecular weight is 272 g/mol. The van der Waals surface area contributed by atoms with Crippen molar-refractivity contribution in [3.63, 3.8) is 0 Å². The van der Waals surface area contributed by atoms with Crippen LogP contribution in [-0.2, 0) is 9.53 Å². The monoisotopic (exact) mass is 272 g/mol. The van der Waals surface area contributed by atoms with E-state index >= 15 is 0 Å². The van der Waals surface area contributed by atoms with Crippen molar-refractivity contribution < 1.29 is 19.4 Å². The molecule has 1 aliphatic rings. The van der Waals surface area contributed by atoms with Crippen molar-refractivity contribution in [2.75, 3.05) is 26.8 Å². The zero-order valence-electron chi connectivity index (χ0n) is 11.9. The fraction of sp³-hybridized carbons (Fsp3) is 0.846. The smallest absolute Gasteiger partial charge is 0.317 e. The van der Waals surface area contributed by atoms with E-state index in [1.165, 1.54) is 0 Å². The number of nitrogens with zero attached hydrogens (tertiary/aromatic N) is 1. The summed E-state index contributed by atoms with van der Waals surface area (Å²) in [5.41, 5.74) is 0. The zero-order chi connectivity index (χ0) is 14.4. The van der Waals surface area contributed by atoms with E-state index in [0.29, 0.717) is 26.1 Å². The van der Waals surface area contributed by atoms with Crippen molar-refractivity contribution in [3.8, 4) is 0 Å². The first-order valence-corrected chi connectivity index (χ1v) is 6.72. The fourth-order valence-electron chi connectivity index (χ4n) is 2.19. The Morgan fingerprint density at radius 3 is 2.68 bits per heavy atom. The minimum atomic E-state index is -0.824. The van der Waals surface area contributed by atoms with Gasteiger partial charge in [-0.1, -0.05) is 13.8 Å². The molecular weight excluding hydrogens is 248 g/mol. The number of ether oxygens (including phenoxy) is 1. The number of carboxylic acids is 1. The van der Waals surface area contributed by atoms with Gasteiger partial charge in [0, 0.05) is 20.2 Å². The molecule has 0 aromatic rings. The van der Waals surface area contributed by atoms with E-state index in [-0.39, 0.29) is 18.0 Å². The number of rotatable bonds is 5. The molecule has 1 fully saturated rings. The van der Waals surface area contributed by atoms with Crippen LogP contribution >= 0.6 is 0 Å².